The molecule has 1 aromatic heterocycles. The van der Waals surface area contributed by atoms with Crippen LogP contribution in [0.1, 0.15) is 17.8 Å². The van der Waals surface area contributed by atoms with E-state index in [-0.39, 0.29) is 17.9 Å². The smallest absolute Gasteiger partial charge is 0.304 e. The first kappa shape index (κ1) is 13.9. The Labute approximate surface area is 110 Å². The average Bonchev–Trinajstić information content (AvgIpc) is 2.67. The molecule has 1 atom stereocenters. The minimum Gasteiger partial charge on any atom is -0.481 e. The summed E-state index contributed by atoms with van der Waals surface area (Å²) in [4.78, 5) is 12.6. The number of hydrogen-bond acceptors (Lipinski definition) is 7. The number of hydrogen-bond donors (Lipinski definition) is 1. The molecule has 0 bridgehead atoms. The Morgan fingerprint density at radius 3 is 2.84 bits per heavy atom. The summed E-state index contributed by atoms with van der Waals surface area (Å²) in [6.45, 7) is 2.38. The van der Waals surface area contributed by atoms with E-state index in [1.807, 2.05) is 4.90 Å². The Morgan fingerprint density at radius 1 is 1.53 bits per heavy atom. The lowest BCUT2D eigenvalue weighted by atomic mass is 10.2. The average molecular weight is 289 g/mol. The molecule has 8 nitrogen and oxygen atoms in total. The molecule has 0 saturated carbocycles. The number of aliphatic carboxylic acids is 1. The fourth-order valence-electron chi connectivity index (χ4n) is 2.10. The summed E-state index contributed by atoms with van der Waals surface area (Å²) in [7, 11) is -3.16. The van der Waals surface area contributed by atoms with Crippen LogP contribution in [0, 0.1) is 6.92 Å². The predicted molar refractivity (Wildman–Crippen MR) is 64.1 cm³/mol. The van der Waals surface area contributed by atoms with E-state index in [1.54, 1.807) is 6.92 Å². The van der Waals surface area contributed by atoms with Crippen LogP contribution in [0.4, 0.5) is 0 Å². The van der Waals surface area contributed by atoms with Gasteiger partial charge in [-0.1, -0.05) is 10.3 Å². The third-order valence-corrected chi connectivity index (χ3v) is 4.86. The number of aryl methyl sites for hydroxylation is 1. The first-order valence-electron chi connectivity index (χ1n) is 5.82. The van der Waals surface area contributed by atoms with Crippen LogP contribution in [0.15, 0.2) is 4.63 Å². The zero-order valence-corrected chi connectivity index (χ0v) is 11.3. The fraction of sp³-hybridized carbons (Fsp3) is 0.700. The second-order valence-corrected chi connectivity index (χ2v) is 6.86. The molecule has 0 spiro atoms. The summed E-state index contributed by atoms with van der Waals surface area (Å²) < 4.78 is 27.8. The number of carboxylic acid groups (broad SMARTS) is 1. The number of carboxylic acids is 1. The van der Waals surface area contributed by atoms with E-state index in [4.69, 9.17) is 5.11 Å². The van der Waals surface area contributed by atoms with Crippen LogP contribution in [-0.2, 0) is 21.2 Å². The van der Waals surface area contributed by atoms with Gasteiger partial charge in [0.1, 0.15) is 11.4 Å². The molecule has 0 radical (unpaired) electrons. The number of rotatable bonds is 4. The van der Waals surface area contributed by atoms with Crippen molar-refractivity contribution in [2.45, 2.75) is 25.9 Å². The minimum absolute atomic E-state index is 0.0352. The van der Waals surface area contributed by atoms with Crippen LogP contribution in [0.25, 0.3) is 0 Å². The molecule has 1 fully saturated rings. The van der Waals surface area contributed by atoms with Crippen LogP contribution < -0.4 is 0 Å². The van der Waals surface area contributed by atoms with Crippen LogP contribution in [0.3, 0.4) is 0 Å². The monoisotopic (exact) mass is 289 g/mol. The summed E-state index contributed by atoms with van der Waals surface area (Å²) in [5, 5.41) is 16.3. The van der Waals surface area contributed by atoms with Crippen molar-refractivity contribution in [2.75, 3.05) is 18.1 Å². The normalized spacial score (nSPS) is 23.3. The van der Waals surface area contributed by atoms with Gasteiger partial charge in [0.05, 0.1) is 17.9 Å². The molecule has 1 saturated heterocycles. The molecule has 19 heavy (non-hydrogen) atoms. The topological polar surface area (TPSA) is 114 Å². The molecule has 106 valence electrons. The largest absolute Gasteiger partial charge is 0.481 e. The highest BCUT2D eigenvalue weighted by atomic mass is 32.2. The van der Waals surface area contributed by atoms with E-state index in [0.717, 1.165) is 0 Å². The zero-order valence-electron chi connectivity index (χ0n) is 10.4. The first-order chi connectivity index (χ1) is 8.87. The van der Waals surface area contributed by atoms with Crippen molar-refractivity contribution in [3.05, 3.63) is 11.4 Å². The van der Waals surface area contributed by atoms with Gasteiger partial charge in [-0.2, -0.15) is 0 Å². The Balaban J connectivity index is 2.13. The summed E-state index contributed by atoms with van der Waals surface area (Å²) in [5.41, 5.74) is 1.23. The first-order valence-corrected chi connectivity index (χ1v) is 7.64. The molecular weight excluding hydrogens is 274 g/mol. The van der Waals surface area contributed by atoms with Crippen LogP contribution in [-0.4, -0.2) is 58.8 Å². The van der Waals surface area contributed by atoms with Gasteiger partial charge in [-0.3, -0.25) is 9.69 Å². The van der Waals surface area contributed by atoms with E-state index in [0.29, 0.717) is 24.5 Å². The maximum absolute atomic E-state index is 11.6. The highest BCUT2D eigenvalue weighted by Crippen LogP contribution is 2.18. The van der Waals surface area contributed by atoms with Gasteiger partial charge < -0.3 is 5.11 Å². The number of aromatic nitrogens is 2. The molecule has 9 heteroatoms. The molecule has 1 unspecified atom stereocenters. The van der Waals surface area contributed by atoms with Gasteiger partial charge in [0.15, 0.2) is 9.84 Å². The number of sulfone groups is 1. The quantitative estimate of drug-likeness (QED) is 0.785. The Morgan fingerprint density at radius 2 is 2.26 bits per heavy atom. The highest BCUT2D eigenvalue weighted by molar-refractivity contribution is 7.91. The molecule has 1 aliphatic heterocycles. The predicted octanol–water partition coefficient (Wildman–Crippen LogP) is -0.548. The molecule has 2 rings (SSSR count). The summed E-state index contributed by atoms with van der Waals surface area (Å²) in [6, 6.07) is -0.535. The maximum atomic E-state index is 11.6. The second-order valence-electron chi connectivity index (χ2n) is 4.63. The lowest BCUT2D eigenvalue weighted by molar-refractivity contribution is -0.138. The summed E-state index contributed by atoms with van der Waals surface area (Å²) >= 11 is 0. The van der Waals surface area contributed by atoms with Gasteiger partial charge in [-0.25, -0.2) is 13.0 Å². The van der Waals surface area contributed by atoms with E-state index < -0.39 is 21.8 Å². The molecule has 1 aliphatic rings. The van der Waals surface area contributed by atoms with E-state index >= 15 is 0 Å². The van der Waals surface area contributed by atoms with Gasteiger partial charge >= 0.3 is 5.97 Å². The molecule has 0 aromatic carbocycles. The molecular formula is C10H15N3O5S. The van der Waals surface area contributed by atoms with E-state index in [2.05, 4.69) is 14.9 Å². The zero-order chi connectivity index (χ0) is 14.0. The van der Waals surface area contributed by atoms with Gasteiger partial charge in [0.25, 0.3) is 0 Å². The second kappa shape index (κ2) is 5.25. The Bertz CT molecular complexity index is 567. The van der Waals surface area contributed by atoms with E-state index in [9.17, 15) is 13.2 Å². The Hall–Kier alpha value is -1.48. The molecule has 0 aliphatic carbocycles. The van der Waals surface area contributed by atoms with Crippen LogP contribution in [0.5, 0.6) is 0 Å². The fourth-order valence-corrected chi connectivity index (χ4v) is 3.70. The van der Waals surface area contributed by atoms with Crippen molar-refractivity contribution in [3.8, 4) is 0 Å². The third-order valence-electron chi connectivity index (χ3n) is 3.16. The molecule has 1 aromatic rings. The standard InChI is InChI=1S/C10H15N3O5S/c1-7-9(12-18-11-7)5-13-2-3-19(16,17)6-8(13)4-10(14)15/h8H,2-6H2,1H3,(H,14,15). The maximum Gasteiger partial charge on any atom is 0.304 e. The van der Waals surface area contributed by atoms with Crippen LogP contribution in [0.2, 0.25) is 0 Å². The summed E-state index contributed by atoms with van der Waals surface area (Å²) in [5.74, 6) is -1.11. The van der Waals surface area contributed by atoms with Gasteiger partial charge in [0.2, 0.25) is 0 Å². The minimum atomic E-state index is -3.16. The third kappa shape index (κ3) is 3.51. The number of carbonyl (C=O) groups is 1. The lowest BCUT2D eigenvalue weighted by Gasteiger charge is -2.33. The van der Waals surface area contributed by atoms with Crippen molar-refractivity contribution in [2.24, 2.45) is 0 Å². The molecule has 1 N–H and O–H groups in total. The van der Waals surface area contributed by atoms with Crippen molar-refractivity contribution in [1.29, 1.82) is 0 Å². The molecule has 0 amide bonds. The van der Waals surface area contributed by atoms with Crippen molar-refractivity contribution < 1.29 is 22.9 Å². The Kier molecular flexibility index (Phi) is 3.85. The van der Waals surface area contributed by atoms with E-state index in [1.165, 1.54) is 0 Å². The van der Waals surface area contributed by atoms with Crippen molar-refractivity contribution in [1.82, 2.24) is 15.2 Å². The van der Waals surface area contributed by atoms with Gasteiger partial charge in [-0.05, 0) is 6.92 Å². The SMILES string of the molecule is Cc1nonc1CN1CCS(=O)(=O)CC1CC(=O)O. The highest BCUT2D eigenvalue weighted by Gasteiger charge is 2.33. The van der Waals surface area contributed by atoms with Crippen molar-refractivity contribution >= 4 is 15.8 Å². The van der Waals surface area contributed by atoms with Crippen molar-refractivity contribution in [3.63, 3.8) is 0 Å². The summed E-state index contributed by atoms with van der Waals surface area (Å²) in [6.07, 6.45) is -0.205. The van der Waals surface area contributed by atoms with Gasteiger partial charge in [0, 0.05) is 19.1 Å². The lowest BCUT2D eigenvalue weighted by Crippen LogP contribution is -2.48. The van der Waals surface area contributed by atoms with Crippen LogP contribution >= 0.6 is 0 Å². The number of nitrogens with zero attached hydrogens (tertiary/aromatic N) is 3. The van der Waals surface area contributed by atoms with Gasteiger partial charge in [-0.15, -0.1) is 0 Å². The molecule has 2 heterocycles.